The minimum absolute atomic E-state index is 0.0612. The van der Waals surface area contributed by atoms with Crippen LogP contribution < -0.4 is 5.32 Å². The van der Waals surface area contributed by atoms with Gasteiger partial charge in [-0.1, -0.05) is 78.7 Å². The summed E-state index contributed by atoms with van der Waals surface area (Å²) < 4.78 is 0. The van der Waals surface area contributed by atoms with Crippen molar-refractivity contribution in [1.29, 1.82) is 0 Å². The SMILES string of the molecule is CCN(C)N(C(=O)NCc1ccccc1)C1CN(Cc2ccc(Cl)cc2Cl)C(=O)[C@H](Cc2ccc(O)cc2)N1C=O. The molecule has 1 heterocycles. The van der Waals surface area contributed by atoms with Gasteiger partial charge in [-0.25, -0.2) is 14.8 Å². The van der Waals surface area contributed by atoms with Crippen molar-refractivity contribution >= 4 is 41.6 Å². The molecule has 1 aliphatic heterocycles. The molecule has 3 aromatic rings. The molecule has 1 aliphatic rings. The number of halogens is 2. The molecule has 2 atom stereocenters. The van der Waals surface area contributed by atoms with Crippen molar-refractivity contribution in [2.75, 3.05) is 20.1 Å². The molecule has 2 N–H and O–H groups in total. The van der Waals surface area contributed by atoms with E-state index in [4.69, 9.17) is 23.2 Å². The lowest BCUT2D eigenvalue weighted by Gasteiger charge is -2.50. The highest BCUT2D eigenvalue weighted by Crippen LogP contribution is 2.28. The van der Waals surface area contributed by atoms with E-state index in [0.717, 1.165) is 11.1 Å². The number of hydrogen-bond acceptors (Lipinski definition) is 5. The molecule has 0 aliphatic carbocycles. The van der Waals surface area contributed by atoms with E-state index >= 15 is 0 Å². The van der Waals surface area contributed by atoms with Crippen molar-refractivity contribution in [3.63, 3.8) is 0 Å². The zero-order valence-electron chi connectivity index (χ0n) is 22.9. The number of aromatic hydroxyl groups is 1. The number of piperazine rings is 1. The Morgan fingerprint density at radius 1 is 1.07 bits per heavy atom. The molecule has 4 rings (SSSR count). The summed E-state index contributed by atoms with van der Waals surface area (Å²) in [6.45, 7) is 2.89. The van der Waals surface area contributed by atoms with Crippen LogP contribution in [0.25, 0.3) is 0 Å². The van der Waals surface area contributed by atoms with Crippen molar-refractivity contribution in [2.45, 2.75) is 38.6 Å². The fourth-order valence-corrected chi connectivity index (χ4v) is 5.31. The highest BCUT2D eigenvalue weighted by molar-refractivity contribution is 6.35. The summed E-state index contributed by atoms with van der Waals surface area (Å²) in [5.41, 5.74) is 2.37. The number of nitrogens with one attached hydrogen (secondary N) is 1. The molecule has 1 fully saturated rings. The smallest absolute Gasteiger partial charge is 0.334 e. The Bertz CT molecular complexity index is 1360. The van der Waals surface area contributed by atoms with E-state index in [0.29, 0.717) is 35.1 Å². The predicted molar refractivity (Wildman–Crippen MR) is 158 cm³/mol. The Labute approximate surface area is 249 Å². The highest BCUT2D eigenvalue weighted by Gasteiger charge is 2.45. The van der Waals surface area contributed by atoms with Crippen LogP contribution in [0.1, 0.15) is 23.6 Å². The Morgan fingerprint density at radius 3 is 2.41 bits per heavy atom. The van der Waals surface area contributed by atoms with Gasteiger partial charge in [-0.05, 0) is 41.0 Å². The van der Waals surface area contributed by atoms with E-state index in [1.54, 1.807) is 47.3 Å². The number of benzene rings is 3. The van der Waals surface area contributed by atoms with Gasteiger partial charge in [-0.3, -0.25) is 9.59 Å². The topological polar surface area (TPSA) is 96.4 Å². The Morgan fingerprint density at radius 2 is 1.78 bits per heavy atom. The number of carbonyl (C=O) groups excluding carboxylic acids is 3. The number of urea groups is 1. The molecular weight excluding hydrogens is 565 g/mol. The Hall–Kier alpha value is -3.79. The largest absolute Gasteiger partial charge is 0.508 e. The summed E-state index contributed by atoms with van der Waals surface area (Å²) in [6.07, 6.45) is 0.00885. The molecule has 41 heavy (non-hydrogen) atoms. The van der Waals surface area contributed by atoms with E-state index < -0.39 is 18.2 Å². The maximum Gasteiger partial charge on any atom is 0.334 e. The third-order valence-corrected chi connectivity index (χ3v) is 7.74. The zero-order valence-corrected chi connectivity index (χ0v) is 24.4. The summed E-state index contributed by atoms with van der Waals surface area (Å²) >= 11 is 12.5. The molecule has 0 bridgehead atoms. The quantitative estimate of drug-likeness (QED) is 0.265. The first-order valence-corrected chi connectivity index (χ1v) is 14.0. The van der Waals surface area contributed by atoms with E-state index in [1.165, 1.54) is 22.0 Å². The first-order chi connectivity index (χ1) is 19.7. The van der Waals surface area contributed by atoms with Crippen LogP contribution in [0.5, 0.6) is 5.75 Å². The lowest BCUT2D eigenvalue weighted by Crippen LogP contribution is -2.70. The molecule has 4 amide bonds. The van der Waals surface area contributed by atoms with E-state index in [9.17, 15) is 19.5 Å². The number of rotatable bonds is 10. The molecule has 0 saturated carbocycles. The summed E-state index contributed by atoms with van der Waals surface area (Å²) in [5, 5.41) is 16.8. The van der Waals surface area contributed by atoms with Crippen LogP contribution in [0.4, 0.5) is 4.79 Å². The van der Waals surface area contributed by atoms with E-state index in [1.807, 2.05) is 37.3 Å². The zero-order chi connectivity index (χ0) is 29.5. The van der Waals surface area contributed by atoms with Gasteiger partial charge >= 0.3 is 6.03 Å². The molecule has 9 nitrogen and oxygen atoms in total. The van der Waals surface area contributed by atoms with Crippen molar-refractivity contribution in [3.05, 3.63) is 99.5 Å². The number of nitrogens with zero attached hydrogens (tertiary/aromatic N) is 4. The maximum absolute atomic E-state index is 13.9. The average molecular weight is 599 g/mol. The van der Waals surface area contributed by atoms with Crippen LogP contribution in [0.3, 0.4) is 0 Å². The van der Waals surface area contributed by atoms with Gasteiger partial charge in [0.25, 0.3) is 0 Å². The minimum Gasteiger partial charge on any atom is -0.508 e. The lowest BCUT2D eigenvalue weighted by molar-refractivity contribution is -0.165. The lowest BCUT2D eigenvalue weighted by atomic mass is 9.99. The standard InChI is InChI=1S/C30H33Cl2N5O4/c1-3-34(2)37(30(41)33-17-22-7-5-4-6-8-22)28-19-35(18-23-11-12-24(31)16-26(23)32)29(40)27(36(28)20-38)15-21-9-13-25(39)14-10-21/h4-14,16,20,27-28,39H,3,15,17-19H2,1-2H3,(H,33,41)/t27-,28?/m0/s1. The minimum atomic E-state index is -0.906. The van der Waals surface area contributed by atoms with Gasteiger partial charge in [0.05, 0.1) is 6.54 Å². The van der Waals surface area contributed by atoms with Crippen LogP contribution in [0.2, 0.25) is 10.0 Å². The molecule has 0 aromatic heterocycles. The molecule has 3 aromatic carbocycles. The number of hydrogen-bond donors (Lipinski definition) is 2. The van der Waals surface area contributed by atoms with Gasteiger partial charge in [0, 0.05) is 43.1 Å². The third kappa shape index (κ3) is 7.30. The van der Waals surface area contributed by atoms with Gasteiger partial charge in [0.1, 0.15) is 18.0 Å². The van der Waals surface area contributed by atoms with Crippen LogP contribution in [-0.2, 0) is 29.1 Å². The first kappa shape index (κ1) is 30.2. The van der Waals surface area contributed by atoms with Gasteiger partial charge in [-0.15, -0.1) is 0 Å². The van der Waals surface area contributed by atoms with Crippen LogP contribution in [0.15, 0.2) is 72.8 Å². The normalized spacial score (nSPS) is 17.0. The predicted octanol–water partition coefficient (Wildman–Crippen LogP) is 4.52. The number of carbonyl (C=O) groups is 3. The first-order valence-electron chi connectivity index (χ1n) is 13.3. The second-order valence-electron chi connectivity index (χ2n) is 9.84. The summed E-state index contributed by atoms with van der Waals surface area (Å²) in [5.74, 6) is -0.185. The molecule has 216 valence electrons. The summed E-state index contributed by atoms with van der Waals surface area (Å²) in [4.78, 5) is 43.3. The fraction of sp³-hybridized carbons (Fsp3) is 0.300. The second-order valence-corrected chi connectivity index (χ2v) is 10.7. The van der Waals surface area contributed by atoms with Crippen molar-refractivity contribution in [3.8, 4) is 5.75 Å². The summed E-state index contributed by atoms with van der Waals surface area (Å²) in [6, 6.07) is 19.8. The van der Waals surface area contributed by atoms with Crippen LogP contribution >= 0.6 is 23.2 Å². The molecule has 1 saturated heterocycles. The number of phenols is 1. The van der Waals surface area contributed by atoms with Gasteiger partial charge in [0.15, 0.2) is 0 Å². The molecular formula is C30H33Cl2N5O4. The van der Waals surface area contributed by atoms with Crippen molar-refractivity contribution < 1.29 is 19.5 Å². The van der Waals surface area contributed by atoms with Gasteiger partial charge < -0.3 is 20.2 Å². The van der Waals surface area contributed by atoms with E-state index in [-0.39, 0.29) is 31.2 Å². The number of amides is 4. The molecule has 0 spiro atoms. The monoisotopic (exact) mass is 597 g/mol. The maximum atomic E-state index is 13.9. The fourth-order valence-electron chi connectivity index (χ4n) is 4.85. The van der Waals surface area contributed by atoms with Crippen molar-refractivity contribution in [1.82, 2.24) is 25.1 Å². The Kier molecular flexibility index (Phi) is 10.1. The molecule has 11 heteroatoms. The molecule has 1 unspecified atom stereocenters. The van der Waals surface area contributed by atoms with Crippen LogP contribution in [0, 0.1) is 0 Å². The number of phenolic OH excluding ortho intramolecular Hbond substituents is 1. The molecule has 0 radical (unpaired) electrons. The Balaban J connectivity index is 1.69. The highest BCUT2D eigenvalue weighted by atomic mass is 35.5. The van der Waals surface area contributed by atoms with Gasteiger partial charge in [-0.2, -0.15) is 0 Å². The van der Waals surface area contributed by atoms with Gasteiger partial charge in [0.2, 0.25) is 12.3 Å². The summed E-state index contributed by atoms with van der Waals surface area (Å²) in [7, 11) is 1.76. The number of hydrazine groups is 1. The third-order valence-electron chi connectivity index (χ3n) is 7.15. The van der Waals surface area contributed by atoms with Crippen LogP contribution in [-0.4, -0.2) is 75.6 Å². The second kappa shape index (κ2) is 13.7. The average Bonchev–Trinajstić information content (AvgIpc) is 2.97. The van der Waals surface area contributed by atoms with E-state index in [2.05, 4.69) is 5.32 Å². The van der Waals surface area contributed by atoms with Crippen molar-refractivity contribution in [2.24, 2.45) is 0 Å².